The minimum absolute atomic E-state index is 0.102. The van der Waals surface area contributed by atoms with Crippen molar-refractivity contribution in [2.75, 3.05) is 5.33 Å². The van der Waals surface area contributed by atoms with Gasteiger partial charge in [0.25, 0.3) is 0 Å². The maximum absolute atomic E-state index is 10.5. The Bertz CT molecular complexity index is 655. The molecule has 1 N–H and O–H groups in total. The van der Waals surface area contributed by atoms with Gasteiger partial charge in [-0.25, -0.2) is 0 Å². The van der Waals surface area contributed by atoms with Crippen molar-refractivity contribution < 1.29 is 19.3 Å². The topological polar surface area (TPSA) is 47.9 Å². The minimum Gasteiger partial charge on any atom is -0.369 e. The van der Waals surface area contributed by atoms with E-state index in [0.717, 1.165) is 11.1 Å². The summed E-state index contributed by atoms with van der Waals surface area (Å²) in [5, 5.41) is 11.1. The van der Waals surface area contributed by atoms with Crippen molar-refractivity contribution in [3.05, 3.63) is 71.8 Å². The average Bonchev–Trinajstić information content (AvgIpc) is 2.69. The van der Waals surface area contributed by atoms with E-state index < -0.39 is 12.4 Å². The number of aliphatic hydroxyl groups is 1. The molecule has 2 aromatic carbocycles. The van der Waals surface area contributed by atoms with Crippen LogP contribution in [0.3, 0.4) is 0 Å². The molecule has 0 aliphatic carbocycles. The van der Waals surface area contributed by atoms with Crippen LogP contribution in [-0.4, -0.2) is 39.9 Å². The first-order valence-electron chi connectivity index (χ1n) is 8.53. The number of alkyl halides is 2. The normalized spacial score (nSPS) is 28.8. The van der Waals surface area contributed by atoms with E-state index in [2.05, 4.69) is 31.9 Å². The standard InChI is InChI=1S/C20H22Br2O4/c21-11-16-17(22)18(24-12-14-7-3-1-4-8-14)19(20(23)26-16)25-13-15-9-5-2-6-10-15/h1-10,16-20,23H,11-13H2/t16-,17+,18+,19-,20+/m1/s1. The molecule has 0 saturated carbocycles. The van der Waals surface area contributed by atoms with Crippen molar-refractivity contribution in [3.8, 4) is 0 Å². The zero-order chi connectivity index (χ0) is 18.4. The molecule has 140 valence electrons. The SMILES string of the molecule is O[C@H]1O[C@H](CBr)[C@H](Br)[C@H](OCc2ccccc2)[C@H]1OCc1ccccc1. The van der Waals surface area contributed by atoms with Crippen LogP contribution < -0.4 is 0 Å². The third-order valence-corrected chi connectivity index (χ3v) is 6.06. The Morgan fingerprint density at radius 2 is 1.35 bits per heavy atom. The van der Waals surface area contributed by atoms with Gasteiger partial charge in [-0.1, -0.05) is 92.5 Å². The van der Waals surface area contributed by atoms with Gasteiger partial charge in [0.2, 0.25) is 0 Å². The first kappa shape index (κ1) is 20.0. The largest absolute Gasteiger partial charge is 0.369 e. The van der Waals surface area contributed by atoms with Gasteiger partial charge in [-0.15, -0.1) is 0 Å². The fraction of sp³-hybridized carbons (Fsp3) is 0.400. The zero-order valence-electron chi connectivity index (χ0n) is 14.2. The third kappa shape index (κ3) is 5.15. The van der Waals surface area contributed by atoms with Crippen molar-refractivity contribution >= 4 is 31.9 Å². The molecule has 1 fully saturated rings. The van der Waals surface area contributed by atoms with Gasteiger partial charge in [-0.05, 0) is 11.1 Å². The fourth-order valence-corrected chi connectivity index (χ4v) is 4.73. The van der Waals surface area contributed by atoms with E-state index >= 15 is 0 Å². The van der Waals surface area contributed by atoms with Crippen molar-refractivity contribution in [2.45, 2.75) is 42.6 Å². The predicted molar refractivity (Wildman–Crippen MR) is 107 cm³/mol. The quantitative estimate of drug-likeness (QED) is 0.601. The first-order chi connectivity index (χ1) is 12.7. The highest BCUT2D eigenvalue weighted by atomic mass is 79.9. The van der Waals surface area contributed by atoms with Crippen LogP contribution in [0.2, 0.25) is 0 Å². The summed E-state index contributed by atoms with van der Waals surface area (Å²) in [5.41, 5.74) is 2.11. The lowest BCUT2D eigenvalue weighted by atomic mass is 10.0. The first-order valence-corrected chi connectivity index (χ1v) is 10.6. The number of rotatable bonds is 7. The van der Waals surface area contributed by atoms with Gasteiger partial charge >= 0.3 is 0 Å². The second-order valence-electron chi connectivity index (χ2n) is 6.19. The van der Waals surface area contributed by atoms with E-state index in [1.807, 2.05) is 60.7 Å². The van der Waals surface area contributed by atoms with E-state index in [1.54, 1.807) is 0 Å². The van der Waals surface area contributed by atoms with E-state index in [1.165, 1.54) is 0 Å². The molecule has 0 unspecified atom stereocenters. The molecule has 1 saturated heterocycles. The summed E-state index contributed by atoms with van der Waals surface area (Å²) in [6, 6.07) is 19.8. The summed E-state index contributed by atoms with van der Waals surface area (Å²) >= 11 is 7.11. The van der Waals surface area contributed by atoms with Crippen LogP contribution >= 0.6 is 31.9 Å². The van der Waals surface area contributed by atoms with E-state index in [4.69, 9.17) is 14.2 Å². The maximum atomic E-state index is 10.5. The number of halogens is 2. The van der Waals surface area contributed by atoms with Crippen LogP contribution in [0.5, 0.6) is 0 Å². The van der Waals surface area contributed by atoms with Crippen LogP contribution in [0.25, 0.3) is 0 Å². The molecule has 0 radical (unpaired) electrons. The number of hydrogen-bond donors (Lipinski definition) is 1. The lowest BCUT2D eigenvalue weighted by Gasteiger charge is -2.42. The van der Waals surface area contributed by atoms with Crippen LogP contribution in [0.15, 0.2) is 60.7 Å². The van der Waals surface area contributed by atoms with Gasteiger partial charge in [0.05, 0.1) is 24.1 Å². The Balaban J connectivity index is 1.69. The van der Waals surface area contributed by atoms with Crippen LogP contribution in [0.1, 0.15) is 11.1 Å². The Morgan fingerprint density at radius 3 is 1.85 bits per heavy atom. The molecule has 1 heterocycles. The second-order valence-corrected chi connectivity index (χ2v) is 7.89. The van der Waals surface area contributed by atoms with Crippen LogP contribution in [-0.2, 0) is 27.4 Å². The second kappa shape index (κ2) is 9.97. The van der Waals surface area contributed by atoms with Crippen LogP contribution in [0.4, 0.5) is 0 Å². The molecule has 6 heteroatoms. The monoisotopic (exact) mass is 484 g/mol. The Labute approximate surface area is 170 Å². The Kier molecular flexibility index (Phi) is 7.66. The van der Waals surface area contributed by atoms with E-state index in [9.17, 15) is 5.11 Å². The van der Waals surface area contributed by atoms with Crippen molar-refractivity contribution in [2.24, 2.45) is 0 Å². The summed E-state index contributed by atoms with van der Waals surface area (Å²) in [6.07, 6.45) is -2.18. The lowest BCUT2D eigenvalue weighted by molar-refractivity contribution is -0.263. The summed E-state index contributed by atoms with van der Waals surface area (Å²) < 4.78 is 17.8. The molecule has 3 rings (SSSR count). The predicted octanol–water partition coefficient (Wildman–Crippen LogP) is 4.03. The lowest BCUT2D eigenvalue weighted by Crippen LogP contribution is -2.57. The molecule has 0 bridgehead atoms. The highest BCUT2D eigenvalue weighted by Gasteiger charge is 2.45. The van der Waals surface area contributed by atoms with Crippen molar-refractivity contribution in [3.63, 3.8) is 0 Å². The summed E-state index contributed by atoms with van der Waals surface area (Å²) in [4.78, 5) is -0.102. The molecular weight excluding hydrogens is 464 g/mol. The molecule has 0 aromatic heterocycles. The maximum Gasteiger partial charge on any atom is 0.184 e. The summed E-state index contributed by atoms with van der Waals surface area (Å²) in [5.74, 6) is 0. The zero-order valence-corrected chi connectivity index (χ0v) is 17.4. The van der Waals surface area contributed by atoms with Gasteiger partial charge in [0, 0.05) is 5.33 Å². The van der Waals surface area contributed by atoms with Crippen molar-refractivity contribution in [1.82, 2.24) is 0 Å². The molecular formula is C20H22Br2O4. The molecule has 5 atom stereocenters. The number of ether oxygens (including phenoxy) is 3. The molecule has 4 nitrogen and oxygen atoms in total. The molecule has 1 aliphatic heterocycles. The van der Waals surface area contributed by atoms with Gasteiger partial charge in [0.15, 0.2) is 6.29 Å². The van der Waals surface area contributed by atoms with Gasteiger partial charge in [0.1, 0.15) is 12.2 Å². The number of benzene rings is 2. The van der Waals surface area contributed by atoms with Gasteiger partial charge < -0.3 is 19.3 Å². The fourth-order valence-electron chi connectivity index (χ4n) is 2.91. The number of aliphatic hydroxyl groups excluding tert-OH is 1. The Hall–Kier alpha value is -0.760. The molecule has 0 amide bonds. The average molecular weight is 486 g/mol. The summed E-state index contributed by atoms with van der Waals surface area (Å²) in [6.45, 7) is 0.830. The minimum atomic E-state index is -1.05. The molecule has 0 spiro atoms. The van der Waals surface area contributed by atoms with Crippen LogP contribution in [0, 0.1) is 0 Å². The van der Waals surface area contributed by atoms with Gasteiger partial charge in [-0.3, -0.25) is 0 Å². The molecule has 26 heavy (non-hydrogen) atoms. The van der Waals surface area contributed by atoms with E-state index in [-0.39, 0.29) is 17.0 Å². The van der Waals surface area contributed by atoms with Crippen molar-refractivity contribution in [1.29, 1.82) is 0 Å². The highest BCUT2D eigenvalue weighted by Crippen LogP contribution is 2.31. The number of hydrogen-bond acceptors (Lipinski definition) is 4. The highest BCUT2D eigenvalue weighted by molar-refractivity contribution is 9.10. The molecule has 1 aliphatic rings. The Morgan fingerprint density at radius 1 is 0.846 bits per heavy atom. The molecule has 2 aromatic rings. The summed E-state index contributed by atoms with van der Waals surface area (Å²) in [7, 11) is 0. The third-order valence-electron chi connectivity index (χ3n) is 4.31. The van der Waals surface area contributed by atoms with E-state index in [0.29, 0.717) is 18.5 Å². The smallest absolute Gasteiger partial charge is 0.184 e. The van der Waals surface area contributed by atoms with Gasteiger partial charge in [-0.2, -0.15) is 0 Å².